The highest BCUT2D eigenvalue weighted by Crippen LogP contribution is 2.47. The molecule has 3 saturated heterocycles. The van der Waals surface area contributed by atoms with Crippen molar-refractivity contribution in [3.8, 4) is 34.5 Å². The van der Waals surface area contributed by atoms with Crippen molar-refractivity contribution in [2.45, 2.75) is 179 Å². The van der Waals surface area contributed by atoms with Gasteiger partial charge in [-0.25, -0.2) is 8.78 Å². The lowest BCUT2D eigenvalue weighted by Gasteiger charge is -2.42. The van der Waals surface area contributed by atoms with Gasteiger partial charge in [0.05, 0.1) is 28.7 Å². The lowest BCUT2D eigenvalue weighted by molar-refractivity contribution is 0.0446. The second-order valence-electron chi connectivity index (χ2n) is 21.8. The zero-order valence-electron chi connectivity index (χ0n) is 41.4. The number of piperidine rings is 1. The molecule has 0 unspecified atom stereocenters. The molecule has 2 N–H and O–H groups in total. The molecule has 3 aliphatic heterocycles. The van der Waals surface area contributed by atoms with E-state index in [1.165, 1.54) is 6.07 Å². The number of halogens is 2. The van der Waals surface area contributed by atoms with E-state index in [0.717, 1.165) is 38.6 Å². The van der Waals surface area contributed by atoms with Crippen molar-refractivity contribution in [3.05, 3.63) is 47.7 Å². The normalized spacial score (nSPS) is 22.1. The summed E-state index contributed by atoms with van der Waals surface area (Å²) in [5, 5.41) is 23.0. The van der Waals surface area contributed by atoms with Gasteiger partial charge in [0, 0.05) is 36.3 Å². The fourth-order valence-corrected chi connectivity index (χ4v) is 23.3. The molecule has 0 radical (unpaired) electrons. The Labute approximate surface area is 389 Å². The maximum absolute atomic E-state index is 18.1. The average molecular weight is 928 g/mol. The summed E-state index contributed by atoms with van der Waals surface area (Å²) in [6.07, 6.45) is 6.67. The van der Waals surface area contributed by atoms with Crippen LogP contribution in [-0.4, -0.2) is 96.5 Å². The van der Waals surface area contributed by atoms with Gasteiger partial charge in [-0.1, -0.05) is 95.1 Å². The number of hydrogen-bond donors (Lipinski definition) is 2. The molecular weight excluding hydrogens is 853 g/mol. The van der Waals surface area contributed by atoms with Crippen molar-refractivity contribution >= 4 is 43.9 Å². The standard InChI is InChI=1S/C52H75F2N5O4Si2/c1-32(2)64(33(3)4,34(5)6)25-19-41-44(53)17-16-38-26-40(63-65(35(7)8,36(9)10)37(11)12)27-42(45(38)41)47-46(54)48-43(28-55-47)49(58-23-14-20-51(13,61)30-58)57-50(56-48)62-31-52-21-15-24-59(52)39(29-60)18-22-52/h16-17,26-28,32-37,39,60-61H,14-15,18,20-24,29-31H2,1-13H3/t39-,51-,52-/m1/s1. The summed E-state index contributed by atoms with van der Waals surface area (Å²) in [5.41, 5.74) is 4.95. The lowest BCUT2D eigenvalue weighted by Crippen LogP contribution is -2.50. The maximum atomic E-state index is 18.1. The van der Waals surface area contributed by atoms with Crippen LogP contribution in [0.5, 0.6) is 11.8 Å². The van der Waals surface area contributed by atoms with Crippen LogP contribution in [0.25, 0.3) is 32.9 Å². The van der Waals surface area contributed by atoms with E-state index in [4.69, 9.17) is 24.1 Å². The van der Waals surface area contributed by atoms with E-state index < -0.39 is 33.6 Å². The molecule has 2 aromatic carbocycles. The predicted molar refractivity (Wildman–Crippen MR) is 266 cm³/mol. The van der Waals surface area contributed by atoms with E-state index >= 15 is 8.78 Å². The maximum Gasteiger partial charge on any atom is 0.319 e. The van der Waals surface area contributed by atoms with Crippen molar-refractivity contribution < 1.29 is 28.2 Å². The Morgan fingerprint density at radius 2 is 1.52 bits per heavy atom. The number of hydrogen-bond acceptors (Lipinski definition) is 9. The average Bonchev–Trinajstić information content (AvgIpc) is 3.81. The molecule has 354 valence electrons. The number of ether oxygens (including phenoxy) is 1. The number of aliphatic hydroxyl groups is 2. The Hall–Kier alpha value is -3.68. The number of aromatic nitrogens is 3. The van der Waals surface area contributed by atoms with E-state index in [1.807, 2.05) is 24.0 Å². The third kappa shape index (κ3) is 8.84. The number of aliphatic hydroxyl groups excluding tert-OH is 1. The minimum atomic E-state index is -2.51. The molecule has 2 aromatic heterocycles. The van der Waals surface area contributed by atoms with Crippen molar-refractivity contribution in [2.75, 3.05) is 37.7 Å². The van der Waals surface area contributed by atoms with Crippen LogP contribution in [-0.2, 0) is 0 Å². The van der Waals surface area contributed by atoms with Gasteiger partial charge in [-0.3, -0.25) is 9.88 Å². The molecule has 3 aliphatic rings. The van der Waals surface area contributed by atoms with Crippen molar-refractivity contribution in [1.29, 1.82) is 0 Å². The molecule has 0 spiro atoms. The van der Waals surface area contributed by atoms with Gasteiger partial charge in [0.1, 0.15) is 43.3 Å². The first-order valence-corrected chi connectivity index (χ1v) is 28.8. The van der Waals surface area contributed by atoms with Crippen LogP contribution < -0.4 is 14.1 Å². The fourth-order valence-electron chi connectivity index (χ4n) is 12.9. The molecule has 4 aromatic rings. The van der Waals surface area contributed by atoms with Crippen molar-refractivity contribution in [3.63, 3.8) is 0 Å². The molecule has 9 nitrogen and oxygen atoms in total. The first-order valence-electron chi connectivity index (χ1n) is 24.4. The summed E-state index contributed by atoms with van der Waals surface area (Å²) in [4.78, 5) is 19.0. The number of nitrogens with zero attached hydrogens (tertiary/aromatic N) is 5. The zero-order chi connectivity index (χ0) is 47.4. The van der Waals surface area contributed by atoms with Crippen LogP contribution in [0.1, 0.15) is 134 Å². The van der Waals surface area contributed by atoms with Gasteiger partial charge in [-0.15, -0.1) is 5.54 Å². The van der Waals surface area contributed by atoms with Gasteiger partial charge in [0.25, 0.3) is 8.32 Å². The fraction of sp³-hybridized carbons (Fsp3) is 0.635. The summed E-state index contributed by atoms with van der Waals surface area (Å²) in [5.74, 6) is 3.32. The summed E-state index contributed by atoms with van der Waals surface area (Å²) in [6.45, 7) is 30.8. The quantitative estimate of drug-likeness (QED) is 0.0945. The first kappa shape index (κ1) is 49.2. The first-order chi connectivity index (χ1) is 30.6. The Balaban J connectivity index is 1.48. The second kappa shape index (κ2) is 18.8. The van der Waals surface area contributed by atoms with Crippen LogP contribution in [0, 0.1) is 23.1 Å². The Morgan fingerprint density at radius 1 is 0.862 bits per heavy atom. The van der Waals surface area contributed by atoms with Crippen molar-refractivity contribution in [2.24, 2.45) is 0 Å². The number of anilines is 1. The van der Waals surface area contributed by atoms with Crippen LogP contribution in [0.2, 0.25) is 33.2 Å². The number of β-amino-alcohol motifs (C(OH)–C–C–N with tert-alkyl or cyclic N) is 1. The van der Waals surface area contributed by atoms with Crippen LogP contribution in [0.15, 0.2) is 30.5 Å². The molecule has 7 rings (SSSR count). The van der Waals surface area contributed by atoms with E-state index in [2.05, 4.69) is 99.4 Å². The lowest BCUT2D eigenvalue weighted by atomic mass is 9.94. The number of benzene rings is 2. The molecule has 5 heterocycles. The third-order valence-corrected chi connectivity index (χ3v) is 28.2. The highest BCUT2D eigenvalue weighted by Gasteiger charge is 2.50. The van der Waals surface area contributed by atoms with Crippen LogP contribution in [0.4, 0.5) is 14.6 Å². The summed E-state index contributed by atoms with van der Waals surface area (Å²) in [6, 6.07) is 7.17. The molecule has 65 heavy (non-hydrogen) atoms. The van der Waals surface area contributed by atoms with Crippen molar-refractivity contribution in [1.82, 2.24) is 19.9 Å². The minimum absolute atomic E-state index is 0.0102. The third-order valence-electron chi connectivity index (χ3n) is 15.9. The second-order valence-corrected chi connectivity index (χ2v) is 32.7. The van der Waals surface area contributed by atoms with Crippen LogP contribution in [0.3, 0.4) is 0 Å². The molecule has 0 bridgehead atoms. The Kier molecular flexibility index (Phi) is 14.2. The van der Waals surface area contributed by atoms with Gasteiger partial charge in [0.2, 0.25) is 0 Å². The number of rotatable bonds is 14. The van der Waals surface area contributed by atoms with E-state index in [1.54, 1.807) is 12.3 Å². The summed E-state index contributed by atoms with van der Waals surface area (Å²) < 4.78 is 48.6. The SMILES string of the molecule is CC(C)[Si](C#Cc1c(F)ccc2cc(O[Si](C(C)C)(C(C)C)C(C)C)cc(-c3ncc4c(N5CCC[C@@](C)(O)C5)nc(OC[C@]56CCCN5[C@@H](CO)CC6)nc4c3F)c12)(C(C)C)C(C)C. The molecule has 0 aliphatic carbocycles. The molecule has 0 saturated carbocycles. The topological polar surface area (TPSA) is 104 Å². The van der Waals surface area contributed by atoms with Gasteiger partial charge in [-0.05, 0) is 109 Å². The molecule has 3 fully saturated rings. The summed E-state index contributed by atoms with van der Waals surface area (Å²) >= 11 is 0. The van der Waals surface area contributed by atoms with Gasteiger partial charge in [0.15, 0.2) is 5.82 Å². The van der Waals surface area contributed by atoms with Crippen LogP contribution >= 0.6 is 0 Å². The molecule has 3 atom stereocenters. The highest BCUT2D eigenvalue weighted by molar-refractivity contribution is 6.90. The minimum Gasteiger partial charge on any atom is -0.543 e. The highest BCUT2D eigenvalue weighted by atomic mass is 28.4. The van der Waals surface area contributed by atoms with E-state index in [-0.39, 0.29) is 57.6 Å². The monoisotopic (exact) mass is 928 g/mol. The number of pyridine rings is 1. The summed E-state index contributed by atoms with van der Waals surface area (Å²) in [7, 11) is -4.84. The Bertz CT molecular complexity index is 2410. The largest absolute Gasteiger partial charge is 0.543 e. The van der Waals surface area contributed by atoms with E-state index in [9.17, 15) is 10.2 Å². The predicted octanol–water partition coefficient (Wildman–Crippen LogP) is 12.0. The number of fused-ring (bicyclic) bond motifs is 3. The molecular formula is C52H75F2N5O4Si2. The van der Waals surface area contributed by atoms with E-state index in [0.29, 0.717) is 76.0 Å². The Morgan fingerprint density at radius 3 is 2.14 bits per heavy atom. The molecule has 0 amide bonds. The smallest absolute Gasteiger partial charge is 0.319 e. The molecule has 13 heteroatoms. The van der Waals surface area contributed by atoms with Gasteiger partial charge >= 0.3 is 6.01 Å². The van der Waals surface area contributed by atoms with Gasteiger partial charge in [-0.2, -0.15) is 9.97 Å². The zero-order valence-corrected chi connectivity index (χ0v) is 43.4. The van der Waals surface area contributed by atoms with Gasteiger partial charge < -0.3 is 24.3 Å².